The first-order valence-corrected chi connectivity index (χ1v) is 6.19. The van der Waals surface area contributed by atoms with Crippen LogP contribution in [0.3, 0.4) is 0 Å². The van der Waals surface area contributed by atoms with E-state index >= 15 is 0 Å². The summed E-state index contributed by atoms with van der Waals surface area (Å²) in [6.45, 7) is 0. The zero-order valence-electron chi connectivity index (χ0n) is 10.5. The number of aromatic hydroxyl groups is 1. The maximum Gasteiger partial charge on any atom is 0.417 e. The molecule has 0 radical (unpaired) electrons. The van der Waals surface area contributed by atoms with E-state index in [4.69, 9.17) is 11.6 Å². The first-order chi connectivity index (χ1) is 9.79. The van der Waals surface area contributed by atoms with Crippen LogP contribution >= 0.6 is 11.6 Å². The zero-order valence-corrected chi connectivity index (χ0v) is 11.2. The van der Waals surface area contributed by atoms with Crippen molar-refractivity contribution >= 4 is 17.4 Å². The number of halogens is 4. The first-order valence-electron chi connectivity index (χ1n) is 5.82. The molecule has 2 rings (SSSR count). The predicted molar refractivity (Wildman–Crippen MR) is 70.4 cm³/mol. The quantitative estimate of drug-likeness (QED) is 0.874. The van der Waals surface area contributed by atoms with Gasteiger partial charge in [-0.3, -0.25) is 9.78 Å². The number of hydrogen-bond donors (Lipinski definition) is 1. The van der Waals surface area contributed by atoms with Crippen molar-refractivity contribution in [2.24, 2.45) is 0 Å². The van der Waals surface area contributed by atoms with Crippen molar-refractivity contribution in [3.63, 3.8) is 0 Å². The predicted octanol–water partition coefficient (Wildman–Crippen LogP) is 3.88. The Morgan fingerprint density at radius 1 is 1.29 bits per heavy atom. The van der Waals surface area contributed by atoms with Gasteiger partial charge in [-0.2, -0.15) is 13.2 Å². The van der Waals surface area contributed by atoms with Crippen molar-refractivity contribution in [1.29, 1.82) is 0 Å². The highest BCUT2D eigenvalue weighted by Crippen LogP contribution is 2.31. The van der Waals surface area contributed by atoms with Gasteiger partial charge in [0.05, 0.1) is 28.3 Å². The van der Waals surface area contributed by atoms with Gasteiger partial charge < -0.3 is 5.11 Å². The van der Waals surface area contributed by atoms with E-state index in [-0.39, 0.29) is 28.5 Å². The molecule has 0 aliphatic rings. The van der Waals surface area contributed by atoms with E-state index in [1.54, 1.807) is 12.1 Å². The van der Waals surface area contributed by atoms with E-state index < -0.39 is 17.5 Å². The van der Waals surface area contributed by atoms with Crippen molar-refractivity contribution in [2.45, 2.75) is 12.6 Å². The molecule has 1 N–H and O–H groups in total. The normalized spacial score (nSPS) is 11.4. The molecular weight excluding hydrogens is 307 g/mol. The Morgan fingerprint density at radius 3 is 2.52 bits per heavy atom. The number of pyridine rings is 1. The number of nitrogens with zero attached hydrogens (tertiary/aromatic N) is 1. The molecule has 0 fully saturated rings. The SMILES string of the molecule is O=C(Cc1ncc(C(F)(F)F)cc1Cl)c1ccccc1O. The fraction of sp³-hybridized carbons (Fsp3) is 0.143. The highest BCUT2D eigenvalue weighted by molar-refractivity contribution is 6.31. The van der Waals surface area contributed by atoms with E-state index in [1.807, 2.05) is 0 Å². The lowest BCUT2D eigenvalue weighted by molar-refractivity contribution is -0.137. The molecule has 1 aromatic heterocycles. The number of rotatable bonds is 3. The number of carbonyl (C=O) groups is 1. The number of aromatic nitrogens is 1. The molecule has 0 amide bonds. The summed E-state index contributed by atoms with van der Waals surface area (Å²) in [5.74, 6) is -0.687. The number of ketones is 1. The monoisotopic (exact) mass is 315 g/mol. The van der Waals surface area contributed by atoms with Crippen LogP contribution in [0.5, 0.6) is 5.75 Å². The van der Waals surface area contributed by atoms with Crippen molar-refractivity contribution in [3.8, 4) is 5.75 Å². The van der Waals surface area contributed by atoms with Gasteiger partial charge in [0.15, 0.2) is 5.78 Å². The number of carbonyl (C=O) groups excluding carboxylic acids is 1. The Balaban J connectivity index is 2.25. The van der Waals surface area contributed by atoms with E-state index in [1.165, 1.54) is 12.1 Å². The van der Waals surface area contributed by atoms with Crippen LogP contribution in [-0.4, -0.2) is 15.9 Å². The van der Waals surface area contributed by atoms with Crippen LogP contribution in [0.15, 0.2) is 36.5 Å². The standard InChI is InChI=1S/C14H9ClF3NO2/c15-10-5-8(14(16,17)18)7-19-11(10)6-13(21)9-3-1-2-4-12(9)20/h1-5,7,20H,6H2. The molecule has 21 heavy (non-hydrogen) atoms. The van der Waals surface area contributed by atoms with Gasteiger partial charge >= 0.3 is 6.18 Å². The summed E-state index contributed by atoms with van der Waals surface area (Å²) in [5, 5.41) is 9.31. The Bertz CT molecular complexity index is 686. The Morgan fingerprint density at radius 2 is 1.95 bits per heavy atom. The third-order valence-electron chi connectivity index (χ3n) is 2.78. The maximum atomic E-state index is 12.5. The number of Topliss-reactive ketones (excluding diaryl/α,β-unsaturated/α-hetero) is 1. The van der Waals surface area contributed by atoms with Gasteiger partial charge in [-0.05, 0) is 18.2 Å². The molecular formula is C14H9ClF3NO2. The van der Waals surface area contributed by atoms with Gasteiger partial charge in [0.1, 0.15) is 5.75 Å². The van der Waals surface area contributed by atoms with Crippen LogP contribution in [0, 0.1) is 0 Å². The van der Waals surface area contributed by atoms with Gasteiger partial charge in [0.2, 0.25) is 0 Å². The second-order valence-electron chi connectivity index (χ2n) is 4.27. The van der Waals surface area contributed by atoms with Crippen LogP contribution in [0.2, 0.25) is 5.02 Å². The fourth-order valence-corrected chi connectivity index (χ4v) is 1.94. The molecule has 0 saturated heterocycles. The minimum Gasteiger partial charge on any atom is -0.507 e. The second kappa shape index (κ2) is 5.73. The molecule has 0 bridgehead atoms. The lowest BCUT2D eigenvalue weighted by Crippen LogP contribution is -2.09. The van der Waals surface area contributed by atoms with Crippen LogP contribution < -0.4 is 0 Å². The van der Waals surface area contributed by atoms with Crippen molar-refractivity contribution in [1.82, 2.24) is 4.98 Å². The van der Waals surface area contributed by atoms with Crippen LogP contribution in [0.25, 0.3) is 0 Å². The maximum absolute atomic E-state index is 12.5. The average Bonchev–Trinajstić information content (AvgIpc) is 2.40. The molecule has 7 heteroatoms. The highest BCUT2D eigenvalue weighted by atomic mass is 35.5. The molecule has 0 spiro atoms. The van der Waals surface area contributed by atoms with E-state index in [2.05, 4.69) is 4.98 Å². The van der Waals surface area contributed by atoms with Crippen molar-refractivity contribution in [2.75, 3.05) is 0 Å². The lowest BCUT2D eigenvalue weighted by Gasteiger charge is -2.09. The lowest BCUT2D eigenvalue weighted by atomic mass is 10.0. The number of phenolic OH excluding ortho intramolecular Hbond substituents is 1. The summed E-state index contributed by atoms with van der Waals surface area (Å²) in [4.78, 5) is 15.6. The fourth-order valence-electron chi connectivity index (χ4n) is 1.71. The molecule has 0 unspecified atom stereocenters. The molecule has 0 aliphatic carbocycles. The second-order valence-corrected chi connectivity index (χ2v) is 4.67. The number of para-hydroxylation sites is 1. The molecule has 0 atom stereocenters. The van der Waals surface area contributed by atoms with E-state index in [0.717, 1.165) is 6.07 Å². The Kier molecular flexibility index (Phi) is 4.18. The third kappa shape index (κ3) is 3.52. The largest absolute Gasteiger partial charge is 0.507 e. The zero-order chi connectivity index (χ0) is 15.6. The van der Waals surface area contributed by atoms with Crippen molar-refractivity contribution in [3.05, 3.63) is 58.4 Å². The Hall–Kier alpha value is -2.08. The molecule has 0 aliphatic heterocycles. The van der Waals surface area contributed by atoms with E-state index in [0.29, 0.717) is 6.20 Å². The summed E-state index contributed by atoms with van der Waals surface area (Å²) in [6, 6.07) is 6.59. The average molecular weight is 316 g/mol. The smallest absolute Gasteiger partial charge is 0.417 e. The summed E-state index contributed by atoms with van der Waals surface area (Å²) in [6.07, 6.45) is -4.22. The minimum atomic E-state index is -4.54. The Labute approximate surface area is 123 Å². The highest BCUT2D eigenvalue weighted by Gasteiger charge is 2.31. The van der Waals surface area contributed by atoms with Gasteiger partial charge in [0.25, 0.3) is 0 Å². The summed E-state index contributed by atoms with van der Waals surface area (Å²) in [5.41, 5.74) is -0.889. The van der Waals surface area contributed by atoms with Crippen LogP contribution in [0.1, 0.15) is 21.6 Å². The van der Waals surface area contributed by atoms with Crippen molar-refractivity contribution < 1.29 is 23.1 Å². The molecule has 1 heterocycles. The van der Waals surface area contributed by atoms with Crippen LogP contribution in [0.4, 0.5) is 13.2 Å². The number of hydrogen-bond acceptors (Lipinski definition) is 3. The number of benzene rings is 1. The molecule has 1 aromatic carbocycles. The van der Waals surface area contributed by atoms with Gasteiger partial charge in [0, 0.05) is 6.20 Å². The summed E-state index contributed by atoms with van der Waals surface area (Å²) < 4.78 is 37.4. The molecule has 2 aromatic rings. The molecule has 110 valence electrons. The van der Waals surface area contributed by atoms with E-state index in [9.17, 15) is 23.1 Å². The first kappa shape index (κ1) is 15.3. The third-order valence-corrected chi connectivity index (χ3v) is 3.10. The van der Waals surface area contributed by atoms with Gasteiger partial charge in [-0.1, -0.05) is 23.7 Å². The summed E-state index contributed by atoms with van der Waals surface area (Å²) in [7, 11) is 0. The van der Waals surface area contributed by atoms with Gasteiger partial charge in [-0.15, -0.1) is 0 Å². The minimum absolute atomic E-state index is 0.0259. The topological polar surface area (TPSA) is 50.2 Å². The number of phenols is 1. The van der Waals surface area contributed by atoms with Crippen LogP contribution in [-0.2, 0) is 12.6 Å². The number of alkyl halides is 3. The molecule has 0 saturated carbocycles. The van der Waals surface area contributed by atoms with Gasteiger partial charge in [-0.25, -0.2) is 0 Å². The summed E-state index contributed by atoms with van der Waals surface area (Å²) >= 11 is 5.73. The molecule has 3 nitrogen and oxygen atoms in total.